The third kappa shape index (κ3) is 5.89. The second-order valence-electron chi connectivity index (χ2n) is 4.88. The highest BCUT2D eigenvalue weighted by Crippen LogP contribution is 2.14. The summed E-state index contributed by atoms with van der Waals surface area (Å²) >= 11 is 0. The molecule has 0 aliphatic carbocycles. The van der Waals surface area contributed by atoms with Gasteiger partial charge in [-0.1, -0.05) is 0 Å². The zero-order chi connectivity index (χ0) is 14.1. The molecule has 5 nitrogen and oxygen atoms in total. The second kappa shape index (κ2) is 9.28. The monoisotopic (exact) mass is 272 g/mol. The van der Waals surface area contributed by atoms with E-state index in [1.807, 2.05) is 20.9 Å². The van der Waals surface area contributed by atoms with Crippen molar-refractivity contribution in [2.75, 3.05) is 39.9 Å². The van der Waals surface area contributed by atoms with E-state index in [0.29, 0.717) is 12.7 Å². The van der Waals surface area contributed by atoms with Crippen LogP contribution in [0.25, 0.3) is 0 Å². The first-order valence-electron chi connectivity index (χ1n) is 7.39. The van der Waals surface area contributed by atoms with Crippen LogP contribution in [0.5, 0.6) is 0 Å². The Morgan fingerprint density at radius 1 is 1.32 bits per heavy atom. The van der Waals surface area contributed by atoms with Crippen LogP contribution < -0.4 is 5.32 Å². The molecule has 1 fully saturated rings. The smallest absolute Gasteiger partial charge is 0.323 e. The summed E-state index contributed by atoms with van der Waals surface area (Å²) in [5.41, 5.74) is 0. The highest BCUT2D eigenvalue weighted by molar-refractivity contribution is 5.75. The molecule has 0 aromatic heterocycles. The molecule has 1 atom stereocenters. The second-order valence-corrected chi connectivity index (χ2v) is 4.88. The third-order valence-electron chi connectivity index (χ3n) is 3.59. The quantitative estimate of drug-likeness (QED) is 0.669. The van der Waals surface area contributed by atoms with Crippen molar-refractivity contribution in [2.24, 2.45) is 0 Å². The number of likely N-dealkylation sites (N-methyl/N-ethyl adjacent to an activating group) is 1. The normalized spacial score (nSPS) is 19.3. The van der Waals surface area contributed by atoms with E-state index in [-0.39, 0.29) is 12.0 Å². The zero-order valence-electron chi connectivity index (χ0n) is 12.5. The van der Waals surface area contributed by atoms with Crippen molar-refractivity contribution >= 4 is 5.97 Å². The Morgan fingerprint density at radius 2 is 2.00 bits per heavy atom. The average molecular weight is 272 g/mol. The van der Waals surface area contributed by atoms with Gasteiger partial charge in [0.25, 0.3) is 0 Å². The van der Waals surface area contributed by atoms with E-state index in [0.717, 1.165) is 45.5 Å². The highest BCUT2D eigenvalue weighted by atomic mass is 16.5. The SMILES string of the molecule is CCOC(=O)C(CCN1CCC(OCC)CC1)NC. The number of nitrogens with one attached hydrogen (secondary N) is 1. The van der Waals surface area contributed by atoms with Crippen molar-refractivity contribution in [1.29, 1.82) is 0 Å². The number of esters is 1. The van der Waals surface area contributed by atoms with Crippen molar-refractivity contribution in [2.45, 2.75) is 45.3 Å². The van der Waals surface area contributed by atoms with Crippen LogP contribution in [-0.2, 0) is 14.3 Å². The van der Waals surface area contributed by atoms with Crippen LogP contribution in [0.15, 0.2) is 0 Å². The lowest BCUT2D eigenvalue weighted by Crippen LogP contribution is -2.42. The number of carbonyl (C=O) groups is 1. The molecule has 5 heteroatoms. The number of hydrogen-bond acceptors (Lipinski definition) is 5. The van der Waals surface area contributed by atoms with Gasteiger partial charge in [0.15, 0.2) is 0 Å². The van der Waals surface area contributed by atoms with Gasteiger partial charge in [0, 0.05) is 26.2 Å². The van der Waals surface area contributed by atoms with Gasteiger partial charge in [-0.2, -0.15) is 0 Å². The number of piperidine rings is 1. The van der Waals surface area contributed by atoms with E-state index in [2.05, 4.69) is 10.2 Å². The summed E-state index contributed by atoms with van der Waals surface area (Å²) in [6, 6.07) is -0.190. The van der Waals surface area contributed by atoms with Crippen molar-refractivity contribution in [3.8, 4) is 0 Å². The molecule has 0 spiro atoms. The van der Waals surface area contributed by atoms with Crippen LogP contribution in [-0.4, -0.2) is 62.9 Å². The van der Waals surface area contributed by atoms with Crippen molar-refractivity contribution in [3.05, 3.63) is 0 Å². The molecule has 1 unspecified atom stereocenters. The summed E-state index contributed by atoms with van der Waals surface area (Å²) in [6.45, 7) is 8.18. The summed E-state index contributed by atoms with van der Waals surface area (Å²) < 4.78 is 10.7. The minimum absolute atomic E-state index is 0.144. The first-order valence-corrected chi connectivity index (χ1v) is 7.39. The van der Waals surface area contributed by atoms with Gasteiger partial charge in [0.05, 0.1) is 12.7 Å². The molecule has 0 aromatic carbocycles. The maximum Gasteiger partial charge on any atom is 0.323 e. The Kier molecular flexibility index (Phi) is 8.02. The molecule has 1 aliphatic heterocycles. The molecule has 1 aliphatic rings. The predicted molar refractivity (Wildman–Crippen MR) is 75.2 cm³/mol. The van der Waals surface area contributed by atoms with E-state index >= 15 is 0 Å². The molecule has 0 bridgehead atoms. The standard InChI is InChI=1S/C14H28N2O3/c1-4-18-12-6-9-16(10-7-12)11-8-13(15-3)14(17)19-5-2/h12-13,15H,4-11H2,1-3H3. The minimum atomic E-state index is -0.190. The van der Waals surface area contributed by atoms with E-state index in [4.69, 9.17) is 9.47 Å². The van der Waals surface area contributed by atoms with Crippen LogP contribution in [0.3, 0.4) is 0 Å². The van der Waals surface area contributed by atoms with Crippen LogP contribution in [0, 0.1) is 0 Å². The van der Waals surface area contributed by atoms with E-state index in [1.165, 1.54) is 0 Å². The summed E-state index contributed by atoms with van der Waals surface area (Å²) in [5.74, 6) is -0.144. The number of rotatable bonds is 8. The van der Waals surface area contributed by atoms with Gasteiger partial charge >= 0.3 is 5.97 Å². The van der Waals surface area contributed by atoms with Crippen LogP contribution >= 0.6 is 0 Å². The van der Waals surface area contributed by atoms with Gasteiger partial charge < -0.3 is 19.7 Å². The van der Waals surface area contributed by atoms with Crippen LogP contribution in [0.4, 0.5) is 0 Å². The number of nitrogens with zero attached hydrogens (tertiary/aromatic N) is 1. The lowest BCUT2D eigenvalue weighted by Gasteiger charge is -2.32. The average Bonchev–Trinajstić information content (AvgIpc) is 2.42. The largest absolute Gasteiger partial charge is 0.465 e. The summed E-state index contributed by atoms with van der Waals surface area (Å²) in [5, 5.41) is 3.03. The van der Waals surface area contributed by atoms with Gasteiger partial charge in [-0.15, -0.1) is 0 Å². The Morgan fingerprint density at radius 3 is 2.53 bits per heavy atom. The molecule has 1 N–H and O–H groups in total. The zero-order valence-corrected chi connectivity index (χ0v) is 12.5. The third-order valence-corrected chi connectivity index (χ3v) is 3.59. The molecule has 0 amide bonds. The van der Waals surface area contributed by atoms with Gasteiger partial charge in [0.2, 0.25) is 0 Å². The fourth-order valence-corrected chi connectivity index (χ4v) is 2.47. The van der Waals surface area contributed by atoms with Crippen LogP contribution in [0.1, 0.15) is 33.1 Å². The fraction of sp³-hybridized carbons (Fsp3) is 0.929. The highest BCUT2D eigenvalue weighted by Gasteiger charge is 2.22. The Hall–Kier alpha value is -0.650. The van der Waals surface area contributed by atoms with Gasteiger partial charge in [-0.3, -0.25) is 4.79 Å². The molecule has 19 heavy (non-hydrogen) atoms. The predicted octanol–water partition coefficient (Wildman–Crippen LogP) is 1.03. The topological polar surface area (TPSA) is 50.8 Å². The summed E-state index contributed by atoms with van der Waals surface area (Å²) in [4.78, 5) is 14.1. The van der Waals surface area contributed by atoms with Gasteiger partial charge in [-0.05, 0) is 40.2 Å². The maximum atomic E-state index is 11.7. The molecular weight excluding hydrogens is 244 g/mol. The Bertz CT molecular complexity index is 253. The van der Waals surface area contributed by atoms with E-state index < -0.39 is 0 Å². The van der Waals surface area contributed by atoms with E-state index in [1.54, 1.807) is 0 Å². The minimum Gasteiger partial charge on any atom is -0.465 e. The summed E-state index contributed by atoms with van der Waals surface area (Å²) in [7, 11) is 1.81. The van der Waals surface area contributed by atoms with E-state index in [9.17, 15) is 4.79 Å². The molecule has 1 rings (SSSR count). The lowest BCUT2D eigenvalue weighted by molar-refractivity contribution is -0.145. The van der Waals surface area contributed by atoms with Crippen molar-refractivity contribution < 1.29 is 14.3 Å². The van der Waals surface area contributed by atoms with Gasteiger partial charge in [-0.25, -0.2) is 0 Å². The summed E-state index contributed by atoms with van der Waals surface area (Å²) in [6.07, 6.45) is 3.41. The first kappa shape index (κ1) is 16.4. The Balaban J connectivity index is 2.23. The van der Waals surface area contributed by atoms with Crippen molar-refractivity contribution in [1.82, 2.24) is 10.2 Å². The molecule has 1 heterocycles. The molecule has 112 valence electrons. The number of carbonyl (C=O) groups excluding carboxylic acids is 1. The number of likely N-dealkylation sites (tertiary alicyclic amines) is 1. The first-order chi connectivity index (χ1) is 9.21. The maximum absolute atomic E-state index is 11.7. The number of hydrogen-bond donors (Lipinski definition) is 1. The molecule has 1 saturated heterocycles. The molecular formula is C14H28N2O3. The van der Waals surface area contributed by atoms with Crippen molar-refractivity contribution in [3.63, 3.8) is 0 Å². The lowest BCUT2D eigenvalue weighted by atomic mass is 10.1. The fourth-order valence-electron chi connectivity index (χ4n) is 2.47. The molecule has 0 saturated carbocycles. The molecule has 0 radical (unpaired) electrons. The Labute approximate surface area is 116 Å². The van der Waals surface area contributed by atoms with Crippen LogP contribution in [0.2, 0.25) is 0 Å². The van der Waals surface area contributed by atoms with Gasteiger partial charge in [0.1, 0.15) is 6.04 Å². The number of ether oxygens (including phenoxy) is 2. The molecule has 0 aromatic rings.